The summed E-state index contributed by atoms with van der Waals surface area (Å²) in [5.74, 6) is -0.159. The van der Waals surface area contributed by atoms with Crippen LogP contribution in [-0.2, 0) is 26.0 Å². The molecule has 1 N–H and O–H groups in total. The molecule has 1 aliphatic carbocycles. The van der Waals surface area contributed by atoms with E-state index in [0.29, 0.717) is 22.9 Å². The molecule has 0 radical (unpaired) electrons. The van der Waals surface area contributed by atoms with E-state index in [4.69, 9.17) is 0 Å². The van der Waals surface area contributed by atoms with Crippen LogP contribution in [-0.4, -0.2) is 32.4 Å². The van der Waals surface area contributed by atoms with E-state index < -0.39 is 16.7 Å². The smallest absolute Gasteiger partial charge is 0.339 e. The first-order valence-corrected chi connectivity index (χ1v) is 11.4. The summed E-state index contributed by atoms with van der Waals surface area (Å²) in [5.41, 5.74) is 1.87. The second-order valence-electron chi connectivity index (χ2n) is 7.58. The van der Waals surface area contributed by atoms with Crippen LogP contribution in [0.2, 0.25) is 0 Å². The van der Waals surface area contributed by atoms with E-state index in [0.717, 1.165) is 24.8 Å². The summed E-state index contributed by atoms with van der Waals surface area (Å²) < 4.78 is 26.6. The van der Waals surface area contributed by atoms with Gasteiger partial charge < -0.3 is 10.1 Å². The summed E-state index contributed by atoms with van der Waals surface area (Å²) in [6.45, 7) is 0. The standard InChI is InChI=1S/C22H26N2O5S/c1-29-22(26)18-10-11-20(23-13-18)24-21(25)19(12-15-4-2-3-5-15)17-8-6-16(7-9-17)14-30(27)28/h6-11,13,15,19,30H,2-5,12,14H2,1H3,(H,23,24,25). The number of hydrogen-bond acceptors (Lipinski definition) is 6. The number of anilines is 1. The van der Waals surface area contributed by atoms with Crippen molar-refractivity contribution < 1.29 is 22.7 Å². The highest BCUT2D eigenvalue weighted by molar-refractivity contribution is 7.71. The van der Waals surface area contributed by atoms with Crippen LogP contribution >= 0.6 is 0 Å². The molecule has 30 heavy (non-hydrogen) atoms. The summed E-state index contributed by atoms with van der Waals surface area (Å²) in [6.07, 6.45) is 6.71. The lowest BCUT2D eigenvalue weighted by Gasteiger charge is -2.21. The van der Waals surface area contributed by atoms with Gasteiger partial charge in [-0.15, -0.1) is 0 Å². The van der Waals surface area contributed by atoms with Crippen LogP contribution < -0.4 is 5.32 Å². The van der Waals surface area contributed by atoms with E-state index in [-0.39, 0.29) is 17.6 Å². The van der Waals surface area contributed by atoms with Crippen molar-refractivity contribution in [3.63, 3.8) is 0 Å². The second kappa shape index (κ2) is 10.3. The normalized spacial score (nSPS) is 15.1. The summed E-state index contributed by atoms with van der Waals surface area (Å²) in [6, 6.07) is 10.3. The third-order valence-electron chi connectivity index (χ3n) is 5.49. The van der Waals surface area contributed by atoms with Gasteiger partial charge in [0.2, 0.25) is 5.91 Å². The molecular weight excluding hydrogens is 404 g/mol. The molecule has 1 fully saturated rings. The zero-order valence-corrected chi connectivity index (χ0v) is 17.8. The molecule has 1 amide bonds. The number of hydrogen-bond donors (Lipinski definition) is 2. The molecule has 3 rings (SSSR count). The van der Waals surface area contributed by atoms with Gasteiger partial charge in [0.05, 0.1) is 24.3 Å². The number of carbonyl (C=O) groups is 2. The first kappa shape index (κ1) is 22.0. The van der Waals surface area contributed by atoms with Crippen LogP contribution in [0, 0.1) is 5.92 Å². The molecule has 1 unspecified atom stereocenters. The van der Waals surface area contributed by atoms with Crippen LogP contribution in [0.1, 0.15) is 59.5 Å². The third-order valence-corrected chi connectivity index (χ3v) is 6.11. The van der Waals surface area contributed by atoms with E-state index in [1.54, 1.807) is 24.3 Å². The lowest BCUT2D eigenvalue weighted by atomic mass is 9.87. The fourth-order valence-corrected chi connectivity index (χ4v) is 4.41. The van der Waals surface area contributed by atoms with Crippen molar-refractivity contribution >= 4 is 28.4 Å². The number of nitrogens with zero attached hydrogens (tertiary/aromatic N) is 1. The van der Waals surface area contributed by atoms with Gasteiger partial charge in [-0.2, -0.15) is 0 Å². The summed E-state index contributed by atoms with van der Waals surface area (Å²) in [4.78, 5) is 28.8. The first-order chi connectivity index (χ1) is 14.5. The Kier molecular flexibility index (Phi) is 7.57. The van der Waals surface area contributed by atoms with Crippen molar-refractivity contribution in [3.05, 3.63) is 59.3 Å². The molecule has 1 saturated carbocycles. The molecular formula is C22H26N2O5S. The average molecular weight is 431 g/mol. The highest BCUT2D eigenvalue weighted by atomic mass is 32.2. The maximum absolute atomic E-state index is 13.1. The van der Waals surface area contributed by atoms with Gasteiger partial charge in [0.15, 0.2) is 0 Å². The average Bonchev–Trinajstić information content (AvgIpc) is 3.25. The maximum atomic E-state index is 13.1. The van der Waals surface area contributed by atoms with E-state index in [9.17, 15) is 18.0 Å². The first-order valence-electron chi connectivity index (χ1n) is 10.0. The van der Waals surface area contributed by atoms with Crippen LogP contribution in [0.5, 0.6) is 0 Å². The highest BCUT2D eigenvalue weighted by Gasteiger charge is 2.27. The predicted molar refractivity (Wildman–Crippen MR) is 114 cm³/mol. The zero-order chi connectivity index (χ0) is 21.5. The second-order valence-corrected chi connectivity index (χ2v) is 8.57. The maximum Gasteiger partial charge on any atom is 0.339 e. The van der Waals surface area contributed by atoms with E-state index in [1.165, 1.54) is 26.1 Å². The van der Waals surface area contributed by atoms with E-state index in [1.807, 2.05) is 12.1 Å². The fourth-order valence-electron chi connectivity index (χ4n) is 3.90. The van der Waals surface area contributed by atoms with Gasteiger partial charge in [-0.25, -0.2) is 18.2 Å². The molecule has 8 heteroatoms. The summed E-state index contributed by atoms with van der Waals surface area (Å²) in [7, 11) is -1.19. The third kappa shape index (κ3) is 5.89. The molecule has 0 saturated heterocycles. The van der Waals surface area contributed by atoms with Crippen LogP contribution in [0.4, 0.5) is 5.82 Å². The molecule has 0 aliphatic heterocycles. The SMILES string of the molecule is COC(=O)c1ccc(NC(=O)C(CC2CCCC2)c2ccc(C[SH](=O)=O)cc2)nc1. The molecule has 1 heterocycles. The van der Waals surface area contributed by atoms with E-state index in [2.05, 4.69) is 15.0 Å². The predicted octanol–water partition coefficient (Wildman–Crippen LogP) is 3.28. The number of aromatic nitrogens is 1. The van der Waals surface area contributed by atoms with Gasteiger partial charge in [0.1, 0.15) is 16.5 Å². The minimum Gasteiger partial charge on any atom is -0.465 e. The van der Waals surface area contributed by atoms with Crippen molar-refractivity contribution in [1.82, 2.24) is 4.98 Å². The summed E-state index contributed by atoms with van der Waals surface area (Å²) >= 11 is 0. The molecule has 160 valence electrons. The Labute approximate surface area is 177 Å². The zero-order valence-electron chi connectivity index (χ0n) is 16.9. The van der Waals surface area contributed by atoms with Gasteiger partial charge in [-0.05, 0) is 35.6 Å². The number of esters is 1. The van der Waals surface area contributed by atoms with Gasteiger partial charge in [-0.3, -0.25) is 4.79 Å². The van der Waals surface area contributed by atoms with Crippen molar-refractivity contribution in [2.75, 3.05) is 12.4 Å². The Bertz CT molecular complexity index is 940. The molecule has 0 spiro atoms. The van der Waals surface area contributed by atoms with Crippen LogP contribution in [0.3, 0.4) is 0 Å². The number of nitrogens with one attached hydrogen (secondary N) is 1. The van der Waals surface area contributed by atoms with Gasteiger partial charge in [0, 0.05) is 6.20 Å². The van der Waals surface area contributed by atoms with Crippen molar-refractivity contribution in [2.45, 2.75) is 43.8 Å². The number of methoxy groups -OCH3 is 1. The number of ether oxygens (including phenoxy) is 1. The van der Waals surface area contributed by atoms with Crippen molar-refractivity contribution in [2.24, 2.45) is 5.92 Å². The molecule has 1 aromatic carbocycles. The Morgan fingerprint density at radius 1 is 1.13 bits per heavy atom. The van der Waals surface area contributed by atoms with Gasteiger partial charge >= 0.3 is 5.97 Å². The topological polar surface area (TPSA) is 102 Å². The highest BCUT2D eigenvalue weighted by Crippen LogP contribution is 2.35. The van der Waals surface area contributed by atoms with E-state index >= 15 is 0 Å². The largest absolute Gasteiger partial charge is 0.465 e. The van der Waals surface area contributed by atoms with Crippen LogP contribution in [0.15, 0.2) is 42.6 Å². The Morgan fingerprint density at radius 3 is 2.40 bits per heavy atom. The molecule has 2 aromatic rings. The Balaban J connectivity index is 1.77. The van der Waals surface area contributed by atoms with Gasteiger partial charge in [0.25, 0.3) is 0 Å². The minimum atomic E-state index is -2.49. The van der Waals surface area contributed by atoms with Crippen molar-refractivity contribution in [3.8, 4) is 0 Å². The van der Waals surface area contributed by atoms with Crippen LogP contribution in [0.25, 0.3) is 0 Å². The number of pyridine rings is 1. The monoisotopic (exact) mass is 430 g/mol. The van der Waals surface area contributed by atoms with Gasteiger partial charge in [-0.1, -0.05) is 49.9 Å². The van der Waals surface area contributed by atoms with Crippen molar-refractivity contribution in [1.29, 1.82) is 0 Å². The fraction of sp³-hybridized carbons (Fsp3) is 0.409. The quantitative estimate of drug-likeness (QED) is 0.492. The number of amides is 1. The number of rotatable bonds is 8. The minimum absolute atomic E-state index is 0.00837. The number of carbonyl (C=O) groups excluding carboxylic acids is 2. The number of thiol groups is 1. The summed E-state index contributed by atoms with van der Waals surface area (Å²) in [5, 5.41) is 2.85. The Hall–Kier alpha value is -2.74. The molecule has 0 bridgehead atoms. The lowest BCUT2D eigenvalue weighted by Crippen LogP contribution is -2.23. The number of benzene rings is 1. The Morgan fingerprint density at radius 2 is 1.83 bits per heavy atom. The lowest BCUT2D eigenvalue weighted by molar-refractivity contribution is -0.118. The molecule has 7 nitrogen and oxygen atoms in total. The molecule has 1 aliphatic rings. The molecule has 1 aromatic heterocycles. The molecule has 1 atom stereocenters.